The zero-order valence-corrected chi connectivity index (χ0v) is 18.3. The number of carbonyl (C=O) groups is 2. The Morgan fingerprint density at radius 2 is 1.87 bits per heavy atom. The van der Waals surface area contributed by atoms with Crippen molar-refractivity contribution in [3.63, 3.8) is 0 Å². The van der Waals surface area contributed by atoms with Crippen molar-refractivity contribution in [1.29, 1.82) is 0 Å². The van der Waals surface area contributed by atoms with Crippen LogP contribution in [0, 0.1) is 5.92 Å². The average Bonchev–Trinajstić information content (AvgIpc) is 3.22. The van der Waals surface area contributed by atoms with Crippen LogP contribution in [0.1, 0.15) is 29.8 Å². The van der Waals surface area contributed by atoms with Crippen molar-refractivity contribution in [3.8, 4) is 0 Å². The summed E-state index contributed by atoms with van der Waals surface area (Å²) < 4.78 is 27.5. The molecule has 0 aliphatic rings. The Balaban J connectivity index is 1.74. The van der Waals surface area contributed by atoms with Crippen LogP contribution in [-0.2, 0) is 21.4 Å². The number of benzene rings is 1. The molecule has 3 aromatic rings. The van der Waals surface area contributed by atoms with Crippen LogP contribution in [0.2, 0.25) is 0 Å². The fourth-order valence-corrected chi connectivity index (χ4v) is 4.34. The molecule has 2 amide bonds. The Bertz CT molecular complexity index is 1180. The maximum absolute atomic E-state index is 12.7. The molecule has 0 spiro atoms. The van der Waals surface area contributed by atoms with Gasteiger partial charge in [0.05, 0.1) is 11.3 Å². The van der Waals surface area contributed by atoms with Gasteiger partial charge >= 0.3 is 0 Å². The quantitative estimate of drug-likeness (QED) is 0.438. The van der Waals surface area contributed by atoms with E-state index in [0.717, 1.165) is 5.56 Å². The Morgan fingerprint density at radius 3 is 2.58 bits per heavy atom. The van der Waals surface area contributed by atoms with E-state index in [9.17, 15) is 18.0 Å². The molecule has 0 aliphatic carbocycles. The van der Waals surface area contributed by atoms with E-state index < -0.39 is 15.9 Å². The van der Waals surface area contributed by atoms with E-state index in [1.807, 2.05) is 6.07 Å². The average molecular weight is 461 g/mol. The fraction of sp³-hybridized carbons (Fsp3) is 0.211. The Morgan fingerprint density at radius 1 is 1.10 bits per heavy atom. The Labute approximate surface area is 183 Å². The van der Waals surface area contributed by atoms with Gasteiger partial charge in [-0.1, -0.05) is 43.4 Å². The van der Waals surface area contributed by atoms with Gasteiger partial charge in [-0.15, -0.1) is 10.2 Å². The number of nitrogens with one attached hydrogen (secondary N) is 3. The van der Waals surface area contributed by atoms with E-state index in [1.165, 1.54) is 12.1 Å². The lowest BCUT2D eigenvalue weighted by Crippen LogP contribution is -2.25. The van der Waals surface area contributed by atoms with Crippen molar-refractivity contribution >= 4 is 44.0 Å². The smallest absolute Gasteiger partial charge is 0.291 e. The maximum Gasteiger partial charge on any atom is 0.291 e. The summed E-state index contributed by atoms with van der Waals surface area (Å²) in [6.07, 6.45) is 3.25. The number of hydrogen-bond donors (Lipinski definition) is 3. The van der Waals surface area contributed by atoms with Crippen LogP contribution >= 0.6 is 11.3 Å². The number of nitrogens with zero attached hydrogens (tertiary/aromatic N) is 3. The molecule has 162 valence electrons. The van der Waals surface area contributed by atoms with Crippen LogP contribution in [0.3, 0.4) is 0 Å². The summed E-state index contributed by atoms with van der Waals surface area (Å²) in [5.74, 6) is -1.05. The van der Waals surface area contributed by atoms with E-state index in [-0.39, 0.29) is 39.1 Å². The van der Waals surface area contributed by atoms with Gasteiger partial charge in [0.15, 0.2) is 0 Å². The molecule has 12 heteroatoms. The second kappa shape index (κ2) is 9.62. The SMILES string of the molecule is CC(C)C(=O)Nc1nnc(S(=O)(=O)Nc2ccccc2C(=O)NCc2cccnc2)s1. The van der Waals surface area contributed by atoms with Gasteiger partial charge in [0.2, 0.25) is 11.0 Å². The van der Waals surface area contributed by atoms with Crippen LogP contribution in [0.4, 0.5) is 10.8 Å². The highest BCUT2D eigenvalue weighted by atomic mass is 32.2. The van der Waals surface area contributed by atoms with Gasteiger partial charge in [-0.05, 0) is 23.8 Å². The number of para-hydroxylation sites is 1. The van der Waals surface area contributed by atoms with E-state index in [4.69, 9.17) is 0 Å². The summed E-state index contributed by atoms with van der Waals surface area (Å²) in [5.41, 5.74) is 1.04. The molecular weight excluding hydrogens is 440 g/mol. The number of anilines is 2. The van der Waals surface area contributed by atoms with Gasteiger partial charge in [0.1, 0.15) is 0 Å². The van der Waals surface area contributed by atoms with Gasteiger partial charge in [-0.2, -0.15) is 8.42 Å². The standard InChI is InChI=1S/C19H20N6O4S2/c1-12(2)16(26)22-18-23-24-19(30-18)31(28,29)25-15-8-4-3-7-14(15)17(27)21-11-13-6-5-9-20-10-13/h3-10,12,25H,11H2,1-2H3,(H,21,27)(H,22,23,26). The second-order valence-electron chi connectivity index (χ2n) is 6.71. The lowest BCUT2D eigenvalue weighted by Gasteiger charge is -2.11. The first kappa shape index (κ1) is 22.3. The third-order valence-corrected chi connectivity index (χ3v) is 6.55. The number of amides is 2. The molecule has 31 heavy (non-hydrogen) atoms. The molecule has 0 saturated carbocycles. The van der Waals surface area contributed by atoms with E-state index in [0.29, 0.717) is 11.3 Å². The third kappa shape index (κ3) is 5.83. The highest BCUT2D eigenvalue weighted by Crippen LogP contribution is 2.24. The van der Waals surface area contributed by atoms with E-state index >= 15 is 0 Å². The molecule has 10 nitrogen and oxygen atoms in total. The van der Waals surface area contributed by atoms with Crippen LogP contribution in [0.5, 0.6) is 0 Å². The van der Waals surface area contributed by atoms with E-state index in [2.05, 4.69) is 30.5 Å². The number of pyridine rings is 1. The number of aromatic nitrogens is 3. The summed E-state index contributed by atoms with van der Waals surface area (Å²) >= 11 is 0.714. The van der Waals surface area contributed by atoms with Gasteiger partial charge in [-0.3, -0.25) is 19.3 Å². The van der Waals surface area contributed by atoms with Gasteiger partial charge < -0.3 is 10.6 Å². The summed E-state index contributed by atoms with van der Waals surface area (Å²) in [6.45, 7) is 3.64. The first-order chi connectivity index (χ1) is 14.8. The number of carbonyl (C=O) groups excluding carboxylic acids is 2. The molecule has 0 atom stereocenters. The van der Waals surface area contributed by atoms with Crippen molar-refractivity contribution in [2.24, 2.45) is 5.92 Å². The molecule has 3 N–H and O–H groups in total. The van der Waals surface area contributed by atoms with Crippen molar-refractivity contribution in [3.05, 3.63) is 59.9 Å². The summed E-state index contributed by atoms with van der Waals surface area (Å²) in [7, 11) is -4.12. The Kier molecular flexibility index (Phi) is 6.92. The molecule has 1 aromatic carbocycles. The van der Waals surface area contributed by atoms with Crippen molar-refractivity contribution < 1.29 is 18.0 Å². The van der Waals surface area contributed by atoms with Crippen LogP contribution in [0.25, 0.3) is 0 Å². The first-order valence-corrected chi connectivity index (χ1v) is 11.5. The number of hydrogen-bond acceptors (Lipinski definition) is 8. The molecule has 3 rings (SSSR count). The molecule has 0 saturated heterocycles. The third-order valence-electron chi connectivity index (χ3n) is 3.98. The monoisotopic (exact) mass is 460 g/mol. The number of sulfonamides is 1. The molecule has 0 fully saturated rings. The van der Waals surface area contributed by atoms with E-state index in [1.54, 1.807) is 44.4 Å². The van der Waals surface area contributed by atoms with Crippen molar-refractivity contribution in [2.45, 2.75) is 24.7 Å². The van der Waals surface area contributed by atoms with Gasteiger partial charge in [0, 0.05) is 24.9 Å². The highest BCUT2D eigenvalue weighted by Gasteiger charge is 2.23. The minimum absolute atomic E-state index is 0.0709. The molecule has 0 unspecified atom stereocenters. The predicted octanol–water partition coefficient (Wildman–Crippen LogP) is 2.26. The summed E-state index contributed by atoms with van der Waals surface area (Å²) in [6, 6.07) is 9.77. The zero-order chi connectivity index (χ0) is 22.4. The number of rotatable bonds is 8. The van der Waals surface area contributed by atoms with Gasteiger partial charge in [-0.25, -0.2) is 0 Å². The minimum Gasteiger partial charge on any atom is -0.348 e. The molecule has 0 bridgehead atoms. The normalized spacial score (nSPS) is 11.2. The highest BCUT2D eigenvalue weighted by molar-refractivity contribution is 7.94. The largest absolute Gasteiger partial charge is 0.348 e. The second-order valence-corrected chi connectivity index (χ2v) is 9.55. The summed E-state index contributed by atoms with van der Waals surface area (Å²) in [5, 5.41) is 12.6. The van der Waals surface area contributed by atoms with Crippen molar-refractivity contribution in [1.82, 2.24) is 20.5 Å². The molecule has 2 aromatic heterocycles. The van der Waals surface area contributed by atoms with Crippen LogP contribution in [0.15, 0.2) is 53.1 Å². The topological polar surface area (TPSA) is 143 Å². The van der Waals surface area contributed by atoms with Gasteiger partial charge in [0.25, 0.3) is 20.3 Å². The fourth-order valence-electron chi connectivity index (χ4n) is 2.36. The first-order valence-electron chi connectivity index (χ1n) is 9.19. The molecule has 0 aliphatic heterocycles. The molecule has 0 radical (unpaired) electrons. The lowest BCUT2D eigenvalue weighted by atomic mass is 10.1. The Hall–Kier alpha value is -3.38. The minimum atomic E-state index is -4.12. The summed E-state index contributed by atoms with van der Waals surface area (Å²) in [4.78, 5) is 28.4. The molecular formula is C19H20N6O4S2. The molecule has 2 heterocycles. The predicted molar refractivity (Wildman–Crippen MR) is 116 cm³/mol. The lowest BCUT2D eigenvalue weighted by molar-refractivity contribution is -0.118. The van der Waals surface area contributed by atoms with Crippen molar-refractivity contribution in [2.75, 3.05) is 10.0 Å². The maximum atomic E-state index is 12.7. The van der Waals surface area contributed by atoms with Crippen LogP contribution in [-0.4, -0.2) is 35.4 Å². The van der Waals surface area contributed by atoms with Crippen LogP contribution < -0.4 is 15.4 Å². The zero-order valence-electron chi connectivity index (χ0n) is 16.7.